The SMILES string of the molecule is CC1=CCC(c2ccc(C)cc2P(c2ccccc2)c2ccccc2)=C1. The fourth-order valence-electron chi connectivity index (χ4n) is 3.53. The van der Waals surface area contributed by atoms with E-state index < -0.39 is 7.92 Å². The van der Waals surface area contributed by atoms with Gasteiger partial charge in [-0.05, 0) is 55.2 Å². The summed E-state index contributed by atoms with van der Waals surface area (Å²) in [6, 6.07) is 28.9. The second-order valence-corrected chi connectivity index (χ2v) is 9.03. The van der Waals surface area contributed by atoms with Gasteiger partial charge in [0, 0.05) is 0 Å². The van der Waals surface area contributed by atoms with Crippen LogP contribution in [0.25, 0.3) is 5.57 Å². The maximum atomic E-state index is 2.40. The normalized spacial score (nSPS) is 13.7. The van der Waals surface area contributed by atoms with Crippen LogP contribution in [0.3, 0.4) is 0 Å². The average Bonchev–Trinajstić information content (AvgIpc) is 3.10. The topological polar surface area (TPSA) is 0 Å². The first kappa shape index (κ1) is 17.0. The van der Waals surface area contributed by atoms with Crippen LogP contribution in [0, 0.1) is 6.92 Å². The van der Waals surface area contributed by atoms with Crippen LogP contribution in [0.5, 0.6) is 0 Å². The lowest BCUT2D eigenvalue weighted by atomic mass is 10.0. The minimum absolute atomic E-state index is 0.577. The largest absolute Gasteiger partial charge is 0.0772 e. The third kappa shape index (κ3) is 3.43. The second-order valence-electron chi connectivity index (χ2n) is 6.85. The molecule has 0 spiro atoms. The number of allylic oxidation sites excluding steroid dienone is 4. The molecule has 0 unspecified atom stereocenters. The maximum Gasteiger partial charge on any atom is -0.00731 e. The molecular weight excluding hydrogens is 331 g/mol. The predicted molar refractivity (Wildman–Crippen MR) is 116 cm³/mol. The lowest BCUT2D eigenvalue weighted by Gasteiger charge is -2.23. The molecule has 0 nitrogen and oxygen atoms in total. The molecule has 0 saturated heterocycles. The van der Waals surface area contributed by atoms with Gasteiger partial charge < -0.3 is 0 Å². The van der Waals surface area contributed by atoms with Gasteiger partial charge in [0.25, 0.3) is 0 Å². The van der Waals surface area contributed by atoms with E-state index in [2.05, 4.69) is 105 Å². The standard InChI is InChI=1S/C25H23P/c1-19-13-15-21(17-19)24-16-14-20(2)18-25(24)26(22-9-5-3-6-10-22)23-11-7-4-8-12-23/h3-14,16-18H,15H2,1-2H3. The van der Waals surface area contributed by atoms with Crippen molar-refractivity contribution in [1.29, 1.82) is 0 Å². The summed E-state index contributed by atoms with van der Waals surface area (Å²) in [6.45, 7) is 4.39. The van der Waals surface area contributed by atoms with Gasteiger partial charge in [0.05, 0.1) is 0 Å². The van der Waals surface area contributed by atoms with Crippen LogP contribution < -0.4 is 15.9 Å². The van der Waals surface area contributed by atoms with Crippen LogP contribution >= 0.6 is 7.92 Å². The van der Waals surface area contributed by atoms with Crippen LogP contribution in [0.15, 0.2) is 96.6 Å². The number of hydrogen-bond donors (Lipinski definition) is 0. The summed E-state index contributed by atoms with van der Waals surface area (Å²) in [7, 11) is -0.577. The van der Waals surface area contributed by atoms with E-state index in [0.717, 1.165) is 6.42 Å². The van der Waals surface area contributed by atoms with E-state index in [-0.39, 0.29) is 0 Å². The Balaban J connectivity index is 1.92. The Morgan fingerprint density at radius 2 is 1.35 bits per heavy atom. The molecule has 0 bridgehead atoms. The number of rotatable bonds is 4. The van der Waals surface area contributed by atoms with Crippen molar-refractivity contribution < 1.29 is 0 Å². The highest BCUT2D eigenvalue weighted by molar-refractivity contribution is 7.80. The molecule has 4 rings (SSSR count). The highest BCUT2D eigenvalue weighted by Gasteiger charge is 2.21. The van der Waals surface area contributed by atoms with E-state index in [1.54, 1.807) is 0 Å². The molecule has 0 radical (unpaired) electrons. The van der Waals surface area contributed by atoms with Gasteiger partial charge in [-0.25, -0.2) is 0 Å². The molecule has 0 fully saturated rings. The van der Waals surface area contributed by atoms with Gasteiger partial charge in [-0.15, -0.1) is 0 Å². The first-order valence-electron chi connectivity index (χ1n) is 9.11. The molecule has 3 aromatic rings. The van der Waals surface area contributed by atoms with Crippen molar-refractivity contribution >= 4 is 29.4 Å². The maximum absolute atomic E-state index is 2.40. The van der Waals surface area contributed by atoms with Crippen molar-refractivity contribution in [3.05, 3.63) is 108 Å². The molecule has 0 aliphatic heterocycles. The monoisotopic (exact) mass is 354 g/mol. The van der Waals surface area contributed by atoms with E-state index in [9.17, 15) is 0 Å². The Labute approximate surface area is 157 Å². The third-order valence-electron chi connectivity index (χ3n) is 4.81. The molecule has 0 saturated carbocycles. The average molecular weight is 354 g/mol. The highest BCUT2D eigenvalue weighted by Crippen LogP contribution is 2.38. The number of hydrogen-bond acceptors (Lipinski definition) is 0. The summed E-state index contributed by atoms with van der Waals surface area (Å²) >= 11 is 0. The summed E-state index contributed by atoms with van der Waals surface area (Å²) in [5.41, 5.74) is 5.54. The summed E-state index contributed by atoms with van der Waals surface area (Å²) in [4.78, 5) is 0. The Hall–Kier alpha value is -2.43. The van der Waals surface area contributed by atoms with Gasteiger partial charge in [-0.2, -0.15) is 0 Å². The van der Waals surface area contributed by atoms with Gasteiger partial charge in [0.2, 0.25) is 0 Å². The quantitative estimate of drug-likeness (QED) is 0.544. The van der Waals surface area contributed by atoms with Crippen molar-refractivity contribution in [1.82, 2.24) is 0 Å². The molecule has 128 valence electrons. The summed E-state index contributed by atoms with van der Waals surface area (Å²) in [5, 5.41) is 4.28. The summed E-state index contributed by atoms with van der Waals surface area (Å²) in [5.74, 6) is 0. The lowest BCUT2D eigenvalue weighted by molar-refractivity contribution is 1.41. The lowest BCUT2D eigenvalue weighted by Crippen LogP contribution is -2.23. The second kappa shape index (κ2) is 7.44. The van der Waals surface area contributed by atoms with E-state index in [4.69, 9.17) is 0 Å². The highest BCUT2D eigenvalue weighted by atomic mass is 31.1. The molecule has 1 heteroatoms. The Bertz CT molecular complexity index is 926. The molecule has 26 heavy (non-hydrogen) atoms. The first-order valence-corrected chi connectivity index (χ1v) is 10.4. The summed E-state index contributed by atoms with van der Waals surface area (Å²) < 4.78 is 0. The molecular formula is C25H23P. The number of benzene rings is 3. The zero-order valence-electron chi connectivity index (χ0n) is 15.3. The van der Waals surface area contributed by atoms with E-state index in [1.807, 2.05) is 0 Å². The van der Waals surface area contributed by atoms with Crippen molar-refractivity contribution in [2.75, 3.05) is 0 Å². The summed E-state index contributed by atoms with van der Waals surface area (Å²) in [6.07, 6.45) is 5.71. The minimum atomic E-state index is -0.577. The molecule has 0 atom stereocenters. The first-order chi connectivity index (χ1) is 12.7. The fraction of sp³-hybridized carbons (Fsp3) is 0.120. The van der Waals surface area contributed by atoms with E-state index >= 15 is 0 Å². The van der Waals surface area contributed by atoms with Gasteiger partial charge >= 0.3 is 0 Å². The number of aryl methyl sites for hydroxylation is 1. The van der Waals surface area contributed by atoms with Crippen molar-refractivity contribution in [2.45, 2.75) is 20.3 Å². The molecule has 0 heterocycles. The van der Waals surface area contributed by atoms with Gasteiger partial charge in [0.15, 0.2) is 0 Å². The molecule has 0 aromatic heterocycles. The van der Waals surface area contributed by atoms with Crippen LogP contribution in [-0.4, -0.2) is 0 Å². The van der Waals surface area contributed by atoms with Gasteiger partial charge in [-0.1, -0.05) is 102 Å². The van der Waals surface area contributed by atoms with Crippen molar-refractivity contribution in [3.63, 3.8) is 0 Å². The van der Waals surface area contributed by atoms with Crippen LogP contribution in [0.2, 0.25) is 0 Å². The van der Waals surface area contributed by atoms with Gasteiger partial charge in [0.1, 0.15) is 0 Å². The molecule has 0 amide bonds. The third-order valence-corrected chi connectivity index (χ3v) is 7.30. The zero-order valence-corrected chi connectivity index (χ0v) is 16.2. The molecule has 0 N–H and O–H groups in total. The Morgan fingerprint density at radius 1 is 0.731 bits per heavy atom. The Kier molecular flexibility index (Phi) is 4.87. The minimum Gasteiger partial charge on any atom is -0.0772 e. The fourth-order valence-corrected chi connectivity index (χ4v) is 6.12. The molecule has 1 aliphatic rings. The van der Waals surface area contributed by atoms with Crippen LogP contribution in [0.1, 0.15) is 24.5 Å². The molecule has 3 aromatic carbocycles. The predicted octanol–water partition coefficient (Wildman–Crippen LogP) is 5.49. The van der Waals surface area contributed by atoms with Crippen LogP contribution in [0.4, 0.5) is 0 Å². The van der Waals surface area contributed by atoms with Crippen molar-refractivity contribution in [3.8, 4) is 0 Å². The smallest absolute Gasteiger partial charge is 0.00731 e. The van der Waals surface area contributed by atoms with Crippen molar-refractivity contribution in [2.24, 2.45) is 0 Å². The van der Waals surface area contributed by atoms with Gasteiger partial charge in [-0.3, -0.25) is 0 Å². The molecule has 1 aliphatic carbocycles. The van der Waals surface area contributed by atoms with E-state index in [1.165, 1.54) is 38.2 Å². The van der Waals surface area contributed by atoms with E-state index in [0.29, 0.717) is 0 Å². The van der Waals surface area contributed by atoms with Crippen LogP contribution in [-0.2, 0) is 0 Å². The zero-order chi connectivity index (χ0) is 17.9. The Morgan fingerprint density at radius 3 is 1.88 bits per heavy atom.